The van der Waals surface area contributed by atoms with Crippen molar-refractivity contribution in [1.82, 2.24) is 14.9 Å². The second-order valence-electron chi connectivity index (χ2n) is 7.26. The van der Waals surface area contributed by atoms with Gasteiger partial charge in [-0.15, -0.1) is 0 Å². The number of ether oxygens (including phenoxy) is 2. The van der Waals surface area contributed by atoms with Crippen LogP contribution in [0.2, 0.25) is 0 Å². The minimum absolute atomic E-state index is 0.250. The van der Waals surface area contributed by atoms with Crippen LogP contribution in [-0.4, -0.2) is 79.0 Å². The first-order valence-corrected chi connectivity index (χ1v) is 8.80. The fourth-order valence-electron chi connectivity index (χ4n) is 2.97. The lowest BCUT2D eigenvalue weighted by Gasteiger charge is -2.38. The number of hydrogen-bond acceptors (Lipinski definition) is 7. The normalized spacial score (nSPS) is 19.1. The first-order valence-electron chi connectivity index (χ1n) is 8.80. The monoisotopic (exact) mass is 349 g/mol. The lowest BCUT2D eigenvalue weighted by Crippen LogP contribution is -2.50. The van der Waals surface area contributed by atoms with Gasteiger partial charge in [0.15, 0.2) is 11.6 Å². The largest absolute Gasteiger partial charge is 0.444 e. The number of rotatable bonds is 2. The molecule has 8 nitrogen and oxygen atoms in total. The molecule has 0 bridgehead atoms. The van der Waals surface area contributed by atoms with Crippen molar-refractivity contribution in [2.75, 3.05) is 62.3 Å². The number of carbonyl (C=O) groups excluding carboxylic acids is 1. The van der Waals surface area contributed by atoms with E-state index in [1.807, 2.05) is 20.8 Å². The van der Waals surface area contributed by atoms with Crippen molar-refractivity contribution >= 4 is 17.7 Å². The van der Waals surface area contributed by atoms with E-state index in [-0.39, 0.29) is 6.09 Å². The van der Waals surface area contributed by atoms with Crippen LogP contribution in [0.3, 0.4) is 0 Å². The van der Waals surface area contributed by atoms with E-state index < -0.39 is 5.60 Å². The fourth-order valence-corrected chi connectivity index (χ4v) is 2.97. The van der Waals surface area contributed by atoms with Crippen LogP contribution in [0.4, 0.5) is 16.4 Å². The molecule has 25 heavy (non-hydrogen) atoms. The highest BCUT2D eigenvalue weighted by molar-refractivity contribution is 5.69. The molecule has 2 saturated heterocycles. The predicted molar refractivity (Wildman–Crippen MR) is 95.1 cm³/mol. The lowest BCUT2D eigenvalue weighted by atomic mass is 10.2. The van der Waals surface area contributed by atoms with Gasteiger partial charge in [0.05, 0.1) is 13.2 Å². The van der Waals surface area contributed by atoms with E-state index in [0.717, 1.165) is 37.8 Å². The highest BCUT2D eigenvalue weighted by atomic mass is 16.6. The van der Waals surface area contributed by atoms with Gasteiger partial charge in [0, 0.05) is 51.7 Å². The minimum Gasteiger partial charge on any atom is -0.444 e. The van der Waals surface area contributed by atoms with Gasteiger partial charge in [-0.2, -0.15) is 0 Å². The predicted octanol–water partition coefficient (Wildman–Crippen LogP) is 1.37. The van der Waals surface area contributed by atoms with Gasteiger partial charge in [-0.05, 0) is 20.8 Å². The average Bonchev–Trinajstić information content (AvgIpc) is 2.61. The summed E-state index contributed by atoms with van der Waals surface area (Å²) in [6.07, 6.45) is 3.20. The standard InChI is InChI=1S/C17H27N5O3/c1-17(2,3)25-16(23)22-8-6-20(7-9-22)14-15(19-5-4-18-14)21-10-12-24-13-11-21/h4-5H,6-13H2,1-3H3. The highest BCUT2D eigenvalue weighted by Crippen LogP contribution is 2.26. The van der Waals surface area contributed by atoms with Gasteiger partial charge in [0.1, 0.15) is 5.60 Å². The molecule has 8 heteroatoms. The molecule has 0 saturated carbocycles. The van der Waals surface area contributed by atoms with Crippen molar-refractivity contribution < 1.29 is 14.3 Å². The summed E-state index contributed by atoms with van der Waals surface area (Å²) in [6.45, 7) is 11.4. The van der Waals surface area contributed by atoms with E-state index in [1.165, 1.54) is 0 Å². The third kappa shape index (κ3) is 4.50. The molecule has 0 spiro atoms. The van der Waals surface area contributed by atoms with Crippen molar-refractivity contribution in [3.05, 3.63) is 12.4 Å². The summed E-state index contributed by atoms with van der Waals surface area (Å²) in [5.41, 5.74) is -0.470. The van der Waals surface area contributed by atoms with Crippen LogP contribution in [0.5, 0.6) is 0 Å². The molecule has 0 unspecified atom stereocenters. The number of morpholine rings is 1. The van der Waals surface area contributed by atoms with Gasteiger partial charge in [0.2, 0.25) is 0 Å². The topological polar surface area (TPSA) is 71.0 Å². The molecule has 0 aromatic carbocycles. The molecule has 138 valence electrons. The summed E-state index contributed by atoms with van der Waals surface area (Å²) in [5, 5.41) is 0. The first kappa shape index (κ1) is 17.7. The molecule has 1 amide bonds. The quantitative estimate of drug-likeness (QED) is 0.798. The number of hydrogen-bond donors (Lipinski definition) is 0. The van der Waals surface area contributed by atoms with E-state index in [4.69, 9.17) is 9.47 Å². The molecular weight excluding hydrogens is 322 g/mol. The number of nitrogens with zero attached hydrogens (tertiary/aromatic N) is 5. The summed E-state index contributed by atoms with van der Waals surface area (Å²) in [7, 11) is 0. The SMILES string of the molecule is CC(C)(C)OC(=O)N1CCN(c2nccnc2N2CCOCC2)CC1. The molecule has 0 N–H and O–H groups in total. The van der Waals surface area contributed by atoms with Gasteiger partial charge in [-0.3, -0.25) is 0 Å². The Labute approximate surface area is 148 Å². The fraction of sp³-hybridized carbons (Fsp3) is 0.706. The Morgan fingerprint density at radius 1 is 0.960 bits per heavy atom. The van der Waals surface area contributed by atoms with E-state index in [9.17, 15) is 4.79 Å². The molecule has 0 aliphatic carbocycles. The second-order valence-corrected chi connectivity index (χ2v) is 7.26. The van der Waals surface area contributed by atoms with Crippen LogP contribution in [0.15, 0.2) is 12.4 Å². The van der Waals surface area contributed by atoms with Crippen molar-refractivity contribution in [2.24, 2.45) is 0 Å². The molecule has 2 fully saturated rings. The molecule has 1 aromatic rings. The maximum Gasteiger partial charge on any atom is 0.410 e. The number of anilines is 2. The Balaban J connectivity index is 1.64. The molecule has 3 heterocycles. The van der Waals surface area contributed by atoms with Crippen LogP contribution in [0.25, 0.3) is 0 Å². The number of amides is 1. The number of piperazine rings is 1. The summed E-state index contributed by atoms with van der Waals surface area (Å²) in [6, 6.07) is 0. The van der Waals surface area contributed by atoms with E-state index in [1.54, 1.807) is 17.3 Å². The third-order valence-corrected chi connectivity index (χ3v) is 4.20. The van der Waals surface area contributed by atoms with E-state index in [0.29, 0.717) is 26.3 Å². The lowest BCUT2D eigenvalue weighted by molar-refractivity contribution is 0.0240. The summed E-state index contributed by atoms with van der Waals surface area (Å²) in [5.74, 6) is 1.78. The Kier molecular flexibility index (Phi) is 5.27. The van der Waals surface area contributed by atoms with Gasteiger partial charge in [-0.25, -0.2) is 14.8 Å². The van der Waals surface area contributed by atoms with Gasteiger partial charge < -0.3 is 24.2 Å². The van der Waals surface area contributed by atoms with Crippen LogP contribution >= 0.6 is 0 Å². The molecule has 1 aromatic heterocycles. The van der Waals surface area contributed by atoms with Crippen molar-refractivity contribution in [3.8, 4) is 0 Å². The Morgan fingerprint density at radius 2 is 1.48 bits per heavy atom. The average molecular weight is 349 g/mol. The number of aromatic nitrogens is 2. The molecular formula is C17H27N5O3. The van der Waals surface area contributed by atoms with Crippen LogP contribution < -0.4 is 9.80 Å². The maximum absolute atomic E-state index is 12.2. The van der Waals surface area contributed by atoms with Gasteiger partial charge in [0.25, 0.3) is 0 Å². The third-order valence-electron chi connectivity index (χ3n) is 4.20. The minimum atomic E-state index is -0.470. The van der Waals surface area contributed by atoms with E-state index >= 15 is 0 Å². The van der Waals surface area contributed by atoms with Crippen LogP contribution in [-0.2, 0) is 9.47 Å². The zero-order valence-electron chi connectivity index (χ0n) is 15.3. The molecule has 0 atom stereocenters. The van der Waals surface area contributed by atoms with E-state index in [2.05, 4.69) is 19.8 Å². The van der Waals surface area contributed by atoms with Gasteiger partial charge in [-0.1, -0.05) is 0 Å². The zero-order valence-corrected chi connectivity index (χ0v) is 15.3. The zero-order chi connectivity index (χ0) is 17.9. The smallest absolute Gasteiger partial charge is 0.410 e. The second kappa shape index (κ2) is 7.43. The Hall–Kier alpha value is -2.09. The Bertz CT molecular complexity index is 590. The highest BCUT2D eigenvalue weighted by Gasteiger charge is 2.28. The van der Waals surface area contributed by atoms with Crippen LogP contribution in [0.1, 0.15) is 20.8 Å². The summed E-state index contributed by atoms with van der Waals surface area (Å²) in [4.78, 5) is 27.5. The van der Waals surface area contributed by atoms with Crippen molar-refractivity contribution in [1.29, 1.82) is 0 Å². The summed E-state index contributed by atoms with van der Waals surface area (Å²) < 4.78 is 10.9. The number of carbonyl (C=O) groups is 1. The van der Waals surface area contributed by atoms with Gasteiger partial charge >= 0.3 is 6.09 Å². The Morgan fingerprint density at radius 3 is 2.00 bits per heavy atom. The molecule has 0 radical (unpaired) electrons. The molecule has 3 rings (SSSR count). The first-order chi connectivity index (χ1) is 11.9. The van der Waals surface area contributed by atoms with Crippen molar-refractivity contribution in [2.45, 2.75) is 26.4 Å². The molecule has 2 aliphatic heterocycles. The van der Waals surface area contributed by atoms with Crippen LogP contribution in [0, 0.1) is 0 Å². The van der Waals surface area contributed by atoms with Crippen molar-refractivity contribution in [3.63, 3.8) is 0 Å². The summed E-state index contributed by atoms with van der Waals surface area (Å²) >= 11 is 0. The maximum atomic E-state index is 12.2. The molecule has 2 aliphatic rings.